The average molecular weight is 250 g/mol. The van der Waals surface area contributed by atoms with Gasteiger partial charge in [-0.15, -0.1) is 0 Å². The third kappa shape index (κ3) is 6.03. The minimum absolute atomic E-state index is 0.542. The number of likely N-dealkylation sites (N-methyl/N-ethyl adjacent to an activating group) is 1. The highest BCUT2D eigenvalue weighted by atomic mass is 16.5. The second kappa shape index (κ2) is 8.95. The maximum Gasteiger partial charge on any atom is 0.118 e. The molecular formula is C15H26N2O. The maximum atomic E-state index is 5.14. The Morgan fingerprint density at radius 2 is 1.94 bits per heavy atom. The van der Waals surface area contributed by atoms with E-state index in [1.165, 1.54) is 12.0 Å². The highest BCUT2D eigenvalue weighted by molar-refractivity contribution is 5.27. The molecule has 0 saturated carbocycles. The Morgan fingerprint density at radius 3 is 2.56 bits per heavy atom. The lowest BCUT2D eigenvalue weighted by Crippen LogP contribution is -2.36. The maximum absolute atomic E-state index is 5.14. The molecule has 1 aromatic rings. The summed E-state index contributed by atoms with van der Waals surface area (Å²) in [6, 6.07) is 8.87. The molecule has 102 valence electrons. The van der Waals surface area contributed by atoms with Crippen molar-refractivity contribution < 1.29 is 4.74 Å². The van der Waals surface area contributed by atoms with E-state index in [9.17, 15) is 0 Å². The topological polar surface area (TPSA) is 33.3 Å². The summed E-state index contributed by atoms with van der Waals surface area (Å²) in [5.41, 5.74) is 1.37. The quantitative estimate of drug-likeness (QED) is 0.659. The standard InChI is InChI=1S/C15H26N2O/c1-4-16-12-13(2)17-11-5-6-14-7-9-15(18-3)10-8-14/h7-10,13,16-17H,4-6,11-12H2,1-3H3. The molecule has 0 bridgehead atoms. The van der Waals surface area contributed by atoms with Crippen LogP contribution in [-0.4, -0.2) is 32.8 Å². The number of hydrogen-bond acceptors (Lipinski definition) is 3. The van der Waals surface area contributed by atoms with Gasteiger partial charge in [0.05, 0.1) is 7.11 Å². The van der Waals surface area contributed by atoms with Crippen molar-refractivity contribution in [2.24, 2.45) is 0 Å². The van der Waals surface area contributed by atoms with Crippen molar-refractivity contribution in [3.05, 3.63) is 29.8 Å². The number of benzene rings is 1. The lowest BCUT2D eigenvalue weighted by molar-refractivity contribution is 0.414. The molecule has 0 aliphatic rings. The van der Waals surface area contributed by atoms with Crippen molar-refractivity contribution in [2.45, 2.75) is 32.7 Å². The molecule has 1 unspecified atom stereocenters. The van der Waals surface area contributed by atoms with Crippen LogP contribution in [0, 0.1) is 0 Å². The van der Waals surface area contributed by atoms with E-state index in [2.05, 4.69) is 36.6 Å². The molecule has 0 radical (unpaired) electrons. The molecule has 0 amide bonds. The highest BCUT2D eigenvalue weighted by Crippen LogP contribution is 2.12. The number of hydrogen-bond donors (Lipinski definition) is 2. The number of nitrogens with one attached hydrogen (secondary N) is 2. The summed E-state index contributed by atoms with van der Waals surface area (Å²) in [6.45, 7) is 7.50. The third-order valence-electron chi connectivity index (χ3n) is 2.99. The van der Waals surface area contributed by atoms with Crippen LogP contribution in [0.1, 0.15) is 25.8 Å². The summed E-state index contributed by atoms with van der Waals surface area (Å²) < 4.78 is 5.14. The van der Waals surface area contributed by atoms with Gasteiger partial charge in [-0.1, -0.05) is 19.1 Å². The van der Waals surface area contributed by atoms with Gasteiger partial charge in [0.2, 0.25) is 0 Å². The van der Waals surface area contributed by atoms with Crippen molar-refractivity contribution in [1.29, 1.82) is 0 Å². The van der Waals surface area contributed by atoms with Gasteiger partial charge in [0.1, 0.15) is 5.75 Å². The molecule has 0 aliphatic heterocycles. The Labute approximate surface area is 111 Å². The molecule has 18 heavy (non-hydrogen) atoms. The predicted molar refractivity (Wildman–Crippen MR) is 77.3 cm³/mol. The van der Waals surface area contributed by atoms with Crippen LogP contribution >= 0.6 is 0 Å². The van der Waals surface area contributed by atoms with Gasteiger partial charge in [0.25, 0.3) is 0 Å². The van der Waals surface area contributed by atoms with Crippen LogP contribution in [0.2, 0.25) is 0 Å². The van der Waals surface area contributed by atoms with Crippen LogP contribution in [0.3, 0.4) is 0 Å². The first-order chi connectivity index (χ1) is 8.76. The summed E-state index contributed by atoms with van der Waals surface area (Å²) >= 11 is 0. The van der Waals surface area contributed by atoms with Gasteiger partial charge in [-0.25, -0.2) is 0 Å². The van der Waals surface area contributed by atoms with E-state index in [1.807, 2.05) is 12.1 Å². The van der Waals surface area contributed by atoms with E-state index in [0.717, 1.165) is 31.8 Å². The zero-order valence-electron chi connectivity index (χ0n) is 11.8. The van der Waals surface area contributed by atoms with Gasteiger partial charge in [-0.2, -0.15) is 0 Å². The molecule has 0 fully saturated rings. The molecule has 1 atom stereocenters. The molecular weight excluding hydrogens is 224 g/mol. The molecule has 0 aromatic heterocycles. The minimum atomic E-state index is 0.542. The van der Waals surface area contributed by atoms with Gasteiger partial charge >= 0.3 is 0 Å². The van der Waals surface area contributed by atoms with Gasteiger partial charge in [0, 0.05) is 12.6 Å². The zero-order valence-corrected chi connectivity index (χ0v) is 11.8. The van der Waals surface area contributed by atoms with E-state index >= 15 is 0 Å². The van der Waals surface area contributed by atoms with Gasteiger partial charge in [-0.05, 0) is 50.6 Å². The molecule has 1 rings (SSSR count). The predicted octanol–water partition coefficient (Wildman–Crippen LogP) is 2.22. The Balaban J connectivity index is 2.13. The molecule has 0 saturated heterocycles. The fourth-order valence-corrected chi connectivity index (χ4v) is 1.87. The van der Waals surface area contributed by atoms with Crippen LogP contribution in [0.25, 0.3) is 0 Å². The SMILES string of the molecule is CCNCC(C)NCCCc1ccc(OC)cc1. The van der Waals surface area contributed by atoms with Crippen molar-refractivity contribution >= 4 is 0 Å². The Kier molecular flexibility index (Phi) is 7.46. The summed E-state index contributed by atoms with van der Waals surface area (Å²) in [7, 11) is 1.70. The first-order valence-electron chi connectivity index (χ1n) is 6.83. The summed E-state index contributed by atoms with van der Waals surface area (Å²) in [5.74, 6) is 0.927. The van der Waals surface area contributed by atoms with Crippen molar-refractivity contribution in [2.75, 3.05) is 26.7 Å². The van der Waals surface area contributed by atoms with Gasteiger partial charge in [0.15, 0.2) is 0 Å². The second-order valence-corrected chi connectivity index (χ2v) is 4.61. The van der Waals surface area contributed by atoms with Crippen LogP contribution in [0.4, 0.5) is 0 Å². The van der Waals surface area contributed by atoms with E-state index in [1.54, 1.807) is 7.11 Å². The van der Waals surface area contributed by atoms with Crippen molar-refractivity contribution in [1.82, 2.24) is 10.6 Å². The smallest absolute Gasteiger partial charge is 0.118 e. The lowest BCUT2D eigenvalue weighted by Gasteiger charge is -2.13. The molecule has 3 heteroatoms. The third-order valence-corrected chi connectivity index (χ3v) is 2.99. The van der Waals surface area contributed by atoms with Gasteiger partial charge in [-0.3, -0.25) is 0 Å². The minimum Gasteiger partial charge on any atom is -0.497 e. The van der Waals surface area contributed by atoms with Crippen LogP contribution in [0.15, 0.2) is 24.3 Å². The summed E-state index contributed by atoms with van der Waals surface area (Å²) in [4.78, 5) is 0. The fraction of sp³-hybridized carbons (Fsp3) is 0.600. The lowest BCUT2D eigenvalue weighted by atomic mass is 10.1. The van der Waals surface area contributed by atoms with Crippen molar-refractivity contribution in [3.63, 3.8) is 0 Å². The van der Waals surface area contributed by atoms with E-state index in [-0.39, 0.29) is 0 Å². The van der Waals surface area contributed by atoms with E-state index in [4.69, 9.17) is 4.74 Å². The summed E-state index contributed by atoms with van der Waals surface area (Å²) in [5, 5.41) is 6.87. The molecule has 2 N–H and O–H groups in total. The molecule has 0 spiro atoms. The summed E-state index contributed by atoms with van der Waals surface area (Å²) in [6.07, 6.45) is 2.29. The first-order valence-corrected chi connectivity index (χ1v) is 6.83. The molecule has 1 aromatic carbocycles. The monoisotopic (exact) mass is 250 g/mol. The zero-order chi connectivity index (χ0) is 13.2. The normalized spacial score (nSPS) is 12.4. The van der Waals surface area contributed by atoms with Crippen molar-refractivity contribution in [3.8, 4) is 5.75 Å². The number of ether oxygens (including phenoxy) is 1. The first kappa shape index (κ1) is 15.0. The highest BCUT2D eigenvalue weighted by Gasteiger charge is 1.99. The number of rotatable bonds is 9. The van der Waals surface area contributed by atoms with Gasteiger partial charge < -0.3 is 15.4 Å². The average Bonchev–Trinajstić information content (AvgIpc) is 2.42. The van der Waals surface area contributed by atoms with Crippen LogP contribution in [-0.2, 0) is 6.42 Å². The largest absolute Gasteiger partial charge is 0.497 e. The molecule has 3 nitrogen and oxygen atoms in total. The molecule has 0 aliphatic carbocycles. The van der Waals surface area contributed by atoms with E-state index < -0.39 is 0 Å². The van der Waals surface area contributed by atoms with E-state index in [0.29, 0.717) is 6.04 Å². The Bertz CT molecular complexity index is 311. The Hall–Kier alpha value is -1.06. The van der Waals surface area contributed by atoms with Crippen LogP contribution < -0.4 is 15.4 Å². The fourth-order valence-electron chi connectivity index (χ4n) is 1.87. The Morgan fingerprint density at radius 1 is 1.22 bits per heavy atom. The number of methoxy groups -OCH3 is 1. The van der Waals surface area contributed by atoms with Crippen LogP contribution in [0.5, 0.6) is 5.75 Å². The number of aryl methyl sites for hydroxylation is 1. The molecule has 0 heterocycles. The second-order valence-electron chi connectivity index (χ2n) is 4.61.